The molecule has 0 radical (unpaired) electrons. The summed E-state index contributed by atoms with van der Waals surface area (Å²) >= 11 is 6.21. The predicted molar refractivity (Wildman–Crippen MR) is 156 cm³/mol. The maximum absolute atomic E-state index is 13.9. The number of sulfonamides is 1. The van der Waals surface area contributed by atoms with Gasteiger partial charge < -0.3 is 10.2 Å². The molecule has 0 spiro atoms. The molecule has 2 amide bonds. The first-order valence-corrected chi connectivity index (χ1v) is 14.6. The third-order valence-corrected chi connectivity index (χ3v) is 8.16. The molecule has 0 saturated carbocycles. The van der Waals surface area contributed by atoms with Crippen LogP contribution in [-0.4, -0.2) is 49.8 Å². The van der Waals surface area contributed by atoms with E-state index < -0.39 is 34.1 Å². The third kappa shape index (κ3) is 8.31. The molecule has 0 bridgehead atoms. The minimum Gasteiger partial charge on any atom is -0.350 e. The summed E-state index contributed by atoms with van der Waals surface area (Å²) in [6.45, 7) is 8.84. The van der Waals surface area contributed by atoms with Crippen LogP contribution in [0, 0.1) is 6.92 Å². The normalized spacial score (nSPS) is 12.5. The monoisotopic (exact) mass is 569 g/mol. The summed E-state index contributed by atoms with van der Waals surface area (Å²) in [6.07, 6.45) is 0.502. The Hall–Kier alpha value is -3.36. The van der Waals surface area contributed by atoms with Crippen LogP contribution in [0.3, 0.4) is 0 Å². The van der Waals surface area contributed by atoms with Crippen molar-refractivity contribution in [1.82, 2.24) is 10.2 Å². The summed E-state index contributed by atoms with van der Waals surface area (Å²) in [7, 11) is -4.13. The molecule has 0 fully saturated rings. The number of anilines is 1. The van der Waals surface area contributed by atoms with Gasteiger partial charge in [-0.3, -0.25) is 13.9 Å². The molecule has 7 nitrogen and oxygen atoms in total. The number of carbonyl (C=O) groups is 2. The summed E-state index contributed by atoms with van der Waals surface area (Å²) in [5.74, 6) is -0.822. The topological polar surface area (TPSA) is 86.8 Å². The number of hydrogen-bond acceptors (Lipinski definition) is 4. The number of nitrogens with zero attached hydrogens (tertiary/aromatic N) is 2. The Labute approximate surface area is 236 Å². The van der Waals surface area contributed by atoms with Gasteiger partial charge >= 0.3 is 0 Å². The Kier molecular flexibility index (Phi) is 9.80. The van der Waals surface area contributed by atoms with Crippen molar-refractivity contribution in [2.45, 2.75) is 57.5 Å². The van der Waals surface area contributed by atoms with Crippen LogP contribution in [-0.2, 0) is 26.0 Å². The second-order valence-corrected chi connectivity index (χ2v) is 12.8. The summed E-state index contributed by atoms with van der Waals surface area (Å²) in [6, 6.07) is 21.6. The van der Waals surface area contributed by atoms with Crippen LogP contribution in [0.1, 0.15) is 38.8 Å². The Morgan fingerprint density at radius 2 is 1.59 bits per heavy atom. The highest BCUT2D eigenvalue weighted by atomic mass is 35.5. The zero-order valence-electron chi connectivity index (χ0n) is 23.0. The van der Waals surface area contributed by atoms with Gasteiger partial charge in [0.05, 0.1) is 10.6 Å². The number of amides is 2. The third-order valence-electron chi connectivity index (χ3n) is 6.13. The van der Waals surface area contributed by atoms with Gasteiger partial charge in [0, 0.05) is 17.1 Å². The van der Waals surface area contributed by atoms with Crippen molar-refractivity contribution >= 4 is 39.1 Å². The largest absolute Gasteiger partial charge is 0.350 e. The first-order chi connectivity index (χ1) is 18.3. The van der Waals surface area contributed by atoms with E-state index in [0.29, 0.717) is 11.4 Å². The Morgan fingerprint density at radius 3 is 2.18 bits per heavy atom. The molecule has 0 unspecified atom stereocenters. The lowest BCUT2D eigenvalue weighted by molar-refractivity contribution is -0.139. The minimum absolute atomic E-state index is 0.0511. The Balaban J connectivity index is 1.99. The fourth-order valence-electron chi connectivity index (χ4n) is 4.04. The number of hydrogen-bond donors (Lipinski definition) is 1. The first-order valence-electron chi connectivity index (χ1n) is 12.8. The zero-order valence-corrected chi connectivity index (χ0v) is 24.6. The van der Waals surface area contributed by atoms with Crippen molar-refractivity contribution in [2.24, 2.45) is 0 Å². The van der Waals surface area contributed by atoms with Crippen LogP contribution >= 0.6 is 11.6 Å². The molecule has 1 N–H and O–H groups in total. The molecule has 1 atom stereocenters. The average molecular weight is 570 g/mol. The van der Waals surface area contributed by atoms with Crippen molar-refractivity contribution in [2.75, 3.05) is 17.4 Å². The van der Waals surface area contributed by atoms with Gasteiger partial charge in [0.15, 0.2) is 0 Å². The molecular formula is C30H36ClN3O4S. The summed E-state index contributed by atoms with van der Waals surface area (Å²) in [4.78, 5) is 28.5. The fraction of sp³-hybridized carbons (Fsp3) is 0.333. The van der Waals surface area contributed by atoms with Gasteiger partial charge in [-0.2, -0.15) is 0 Å². The van der Waals surface area contributed by atoms with Gasteiger partial charge in [-0.25, -0.2) is 8.42 Å². The highest BCUT2D eigenvalue weighted by Gasteiger charge is 2.33. The van der Waals surface area contributed by atoms with Gasteiger partial charge in [-0.15, -0.1) is 0 Å². The number of aryl methyl sites for hydroxylation is 1. The molecule has 3 aromatic carbocycles. The van der Waals surface area contributed by atoms with Gasteiger partial charge in [0.2, 0.25) is 11.8 Å². The number of nitrogens with one attached hydrogen (secondary N) is 1. The second-order valence-electron chi connectivity index (χ2n) is 10.5. The molecule has 3 aromatic rings. The van der Waals surface area contributed by atoms with Crippen molar-refractivity contribution in [1.29, 1.82) is 0 Å². The summed E-state index contributed by atoms with van der Waals surface area (Å²) in [5, 5.41) is 3.26. The molecule has 9 heteroatoms. The van der Waals surface area contributed by atoms with Crippen molar-refractivity contribution in [3.8, 4) is 0 Å². The fourth-order valence-corrected chi connectivity index (χ4v) is 5.63. The molecule has 208 valence electrons. The van der Waals surface area contributed by atoms with Gasteiger partial charge in [0.25, 0.3) is 10.0 Å². The molecule has 3 rings (SSSR count). The zero-order chi connectivity index (χ0) is 28.8. The maximum atomic E-state index is 13.9. The molecule has 39 heavy (non-hydrogen) atoms. The highest BCUT2D eigenvalue weighted by Crippen LogP contribution is 2.27. The number of rotatable bonds is 10. The maximum Gasteiger partial charge on any atom is 0.264 e. The van der Waals surface area contributed by atoms with Crippen molar-refractivity contribution < 1.29 is 18.0 Å². The SMILES string of the molecule is Cc1ccc(S(=O)(=O)N(CC(=O)N(CCc2ccccc2)[C@@H](C)C(=O)NC(C)(C)C)c2cccc(Cl)c2)cc1. The van der Waals surface area contributed by atoms with Crippen LogP contribution < -0.4 is 9.62 Å². The van der Waals surface area contributed by atoms with E-state index >= 15 is 0 Å². The summed E-state index contributed by atoms with van der Waals surface area (Å²) in [5.41, 5.74) is 1.66. The average Bonchev–Trinajstić information content (AvgIpc) is 2.87. The van der Waals surface area contributed by atoms with Crippen LogP contribution in [0.5, 0.6) is 0 Å². The lowest BCUT2D eigenvalue weighted by Gasteiger charge is -2.33. The molecule has 0 aliphatic rings. The Morgan fingerprint density at radius 1 is 0.949 bits per heavy atom. The lowest BCUT2D eigenvalue weighted by Crippen LogP contribution is -2.55. The lowest BCUT2D eigenvalue weighted by atomic mass is 10.1. The molecule has 0 heterocycles. The van der Waals surface area contributed by atoms with E-state index in [9.17, 15) is 18.0 Å². The number of carbonyl (C=O) groups excluding carboxylic acids is 2. The molecule has 0 aliphatic carbocycles. The van der Waals surface area contributed by atoms with Gasteiger partial charge in [0.1, 0.15) is 12.6 Å². The smallest absolute Gasteiger partial charge is 0.264 e. The van der Waals surface area contributed by atoms with Crippen LogP contribution in [0.4, 0.5) is 5.69 Å². The first kappa shape index (κ1) is 30.2. The highest BCUT2D eigenvalue weighted by molar-refractivity contribution is 7.92. The second kappa shape index (κ2) is 12.7. The Bertz CT molecular complexity index is 1390. The number of halogens is 1. The molecule has 0 aliphatic heterocycles. The van der Waals surface area contributed by atoms with E-state index in [1.807, 2.05) is 58.0 Å². The van der Waals surface area contributed by atoms with E-state index in [4.69, 9.17) is 11.6 Å². The van der Waals surface area contributed by atoms with Gasteiger partial charge in [-0.05, 0) is 76.9 Å². The van der Waals surface area contributed by atoms with Crippen molar-refractivity contribution in [3.05, 3.63) is 95.0 Å². The van der Waals surface area contributed by atoms with Crippen LogP contribution in [0.25, 0.3) is 0 Å². The van der Waals surface area contributed by atoms with E-state index in [-0.39, 0.29) is 23.0 Å². The van der Waals surface area contributed by atoms with E-state index in [1.165, 1.54) is 23.1 Å². The molecule has 0 saturated heterocycles. The minimum atomic E-state index is -4.13. The quantitative estimate of drug-likeness (QED) is 0.363. The van der Waals surface area contributed by atoms with E-state index in [1.54, 1.807) is 37.3 Å². The predicted octanol–water partition coefficient (Wildman–Crippen LogP) is 5.22. The molecular weight excluding hydrogens is 534 g/mol. The van der Waals surface area contributed by atoms with E-state index in [2.05, 4.69) is 5.32 Å². The van der Waals surface area contributed by atoms with Crippen LogP contribution in [0.15, 0.2) is 83.8 Å². The number of benzene rings is 3. The molecule has 0 aromatic heterocycles. The van der Waals surface area contributed by atoms with Crippen LogP contribution in [0.2, 0.25) is 5.02 Å². The van der Waals surface area contributed by atoms with Crippen molar-refractivity contribution in [3.63, 3.8) is 0 Å². The van der Waals surface area contributed by atoms with Gasteiger partial charge in [-0.1, -0.05) is 65.7 Å². The summed E-state index contributed by atoms with van der Waals surface area (Å²) < 4.78 is 28.7. The van der Waals surface area contributed by atoms with E-state index in [0.717, 1.165) is 15.4 Å². The standard InChI is InChI=1S/C30H36ClN3O4S/c1-22-14-16-27(17-15-22)39(37,38)34(26-13-9-12-25(31)20-26)21-28(35)33(19-18-24-10-7-6-8-11-24)23(2)29(36)32-30(3,4)5/h6-17,20,23H,18-19,21H2,1-5H3,(H,32,36)/t23-/m0/s1.